The molecule has 0 saturated heterocycles. The van der Waals surface area contributed by atoms with E-state index in [0.29, 0.717) is 0 Å². The van der Waals surface area contributed by atoms with E-state index in [2.05, 4.69) is 81.5 Å². The zero-order valence-electron chi connectivity index (χ0n) is 19.8. The van der Waals surface area contributed by atoms with Crippen molar-refractivity contribution >= 4 is 55.6 Å². The van der Waals surface area contributed by atoms with Gasteiger partial charge in [0, 0.05) is 0 Å². The van der Waals surface area contributed by atoms with Crippen molar-refractivity contribution in [1.82, 2.24) is 29.8 Å². The van der Waals surface area contributed by atoms with Crippen LogP contribution in [0.1, 0.15) is 37.6 Å². The van der Waals surface area contributed by atoms with Crippen molar-refractivity contribution in [1.29, 1.82) is 0 Å². The number of aromatic nitrogens is 5. The van der Waals surface area contributed by atoms with Gasteiger partial charge in [-0.25, -0.2) is 0 Å². The minimum absolute atomic E-state index is 0.0953. The van der Waals surface area contributed by atoms with Crippen molar-refractivity contribution in [2.75, 3.05) is 13.2 Å². The molecule has 34 heavy (non-hydrogen) atoms. The van der Waals surface area contributed by atoms with E-state index in [0.717, 1.165) is 74.6 Å². The Morgan fingerprint density at radius 1 is 1.24 bits per heavy atom. The molecule has 0 atom stereocenters. The van der Waals surface area contributed by atoms with Gasteiger partial charge in [-0.2, -0.15) is 0 Å². The predicted molar refractivity (Wildman–Crippen MR) is 139 cm³/mol. The van der Waals surface area contributed by atoms with Gasteiger partial charge in [-0.05, 0) is 0 Å². The minimum atomic E-state index is 0.0953. The maximum absolute atomic E-state index is 5.87. The molecular weight excluding hydrogens is 527 g/mol. The summed E-state index contributed by atoms with van der Waals surface area (Å²) in [5, 5.41) is 5.50. The number of thiazole rings is 1. The zero-order chi connectivity index (χ0) is 23.9. The van der Waals surface area contributed by atoms with Crippen LogP contribution in [0, 0.1) is 6.92 Å². The molecule has 0 aliphatic carbocycles. The molecular formula is C24H27AsN6OS2. The van der Waals surface area contributed by atoms with Crippen molar-refractivity contribution in [3.63, 3.8) is 0 Å². The Kier molecular flexibility index (Phi) is 6.72. The Balaban J connectivity index is 1.53. The van der Waals surface area contributed by atoms with Crippen LogP contribution in [0.25, 0.3) is 21.7 Å². The number of imidazole rings is 1. The molecule has 2 radical (unpaired) electrons. The second-order valence-electron chi connectivity index (χ2n) is 9.38. The van der Waals surface area contributed by atoms with Crippen LogP contribution in [-0.4, -0.2) is 60.0 Å². The van der Waals surface area contributed by atoms with Crippen LogP contribution in [0.2, 0.25) is 0 Å². The fraction of sp³-hybridized carbons (Fsp3) is 0.417. The van der Waals surface area contributed by atoms with Gasteiger partial charge in [0.1, 0.15) is 0 Å². The van der Waals surface area contributed by atoms with E-state index in [1.54, 1.807) is 29.4 Å². The van der Waals surface area contributed by atoms with Gasteiger partial charge >= 0.3 is 217 Å². The standard InChI is InChI=1S/C24H27AsN6OS2/c1-14-12-26-22(33-14)16-11-17-15(6-9-32-17)10-18(16)34-23-30-19-20(25)27-13-28-21(19)31(23)8-5-7-29-24(2,3)4/h10-13,29H,5-9H2,1-4H3. The third kappa shape index (κ3) is 5.03. The fourth-order valence-corrected chi connectivity index (χ4v) is 6.29. The molecule has 1 N–H and O–H groups in total. The van der Waals surface area contributed by atoms with Crippen LogP contribution >= 0.6 is 23.1 Å². The molecule has 7 nitrogen and oxygen atoms in total. The van der Waals surface area contributed by atoms with Crippen LogP contribution in [0.4, 0.5) is 0 Å². The molecule has 0 amide bonds. The number of aryl methyl sites for hydroxylation is 2. The van der Waals surface area contributed by atoms with E-state index in [4.69, 9.17) is 9.72 Å². The Labute approximate surface area is 216 Å². The van der Waals surface area contributed by atoms with E-state index in [1.165, 1.54) is 10.4 Å². The van der Waals surface area contributed by atoms with Gasteiger partial charge in [0.15, 0.2) is 0 Å². The number of hydrogen-bond acceptors (Lipinski definition) is 8. The van der Waals surface area contributed by atoms with E-state index in [-0.39, 0.29) is 5.54 Å². The molecule has 176 valence electrons. The van der Waals surface area contributed by atoms with E-state index in [9.17, 15) is 0 Å². The summed E-state index contributed by atoms with van der Waals surface area (Å²) in [6.07, 6.45) is 5.45. The number of fused-ring (bicyclic) bond motifs is 2. The first kappa shape index (κ1) is 23.8. The second-order valence-corrected chi connectivity index (χ2v) is 12.5. The monoisotopic (exact) mass is 554 g/mol. The van der Waals surface area contributed by atoms with Gasteiger partial charge < -0.3 is 0 Å². The van der Waals surface area contributed by atoms with Crippen LogP contribution in [-0.2, 0) is 13.0 Å². The summed E-state index contributed by atoms with van der Waals surface area (Å²) in [5.74, 6) is 0.966. The first-order valence-corrected chi connectivity index (χ1v) is 13.9. The van der Waals surface area contributed by atoms with Gasteiger partial charge in [0.05, 0.1) is 0 Å². The average Bonchev–Trinajstić information content (AvgIpc) is 3.49. The zero-order valence-corrected chi connectivity index (χ0v) is 23.3. The van der Waals surface area contributed by atoms with Crippen molar-refractivity contribution < 1.29 is 4.74 Å². The second kappa shape index (κ2) is 9.61. The number of hydrogen-bond donors (Lipinski definition) is 1. The fourth-order valence-electron chi connectivity index (χ4n) is 3.92. The molecule has 1 aromatic carbocycles. The molecule has 3 aromatic heterocycles. The van der Waals surface area contributed by atoms with Crippen LogP contribution in [0.3, 0.4) is 0 Å². The number of nitrogens with zero attached hydrogens (tertiary/aromatic N) is 5. The molecule has 4 heterocycles. The Morgan fingerprint density at radius 2 is 2.09 bits per heavy atom. The summed E-state index contributed by atoms with van der Waals surface area (Å²) in [7, 11) is 0. The molecule has 0 unspecified atom stereocenters. The van der Waals surface area contributed by atoms with Gasteiger partial charge in [0.25, 0.3) is 0 Å². The third-order valence-corrected chi connectivity index (χ3v) is 8.22. The van der Waals surface area contributed by atoms with E-state index >= 15 is 0 Å². The summed E-state index contributed by atoms with van der Waals surface area (Å²) >= 11 is 5.89. The number of ether oxygens (including phenoxy) is 1. The predicted octanol–water partition coefficient (Wildman–Crippen LogP) is 3.92. The van der Waals surface area contributed by atoms with E-state index < -0.39 is 0 Å². The summed E-state index contributed by atoms with van der Waals surface area (Å²) in [6.45, 7) is 11.1. The van der Waals surface area contributed by atoms with Gasteiger partial charge in [-0.3, -0.25) is 0 Å². The van der Waals surface area contributed by atoms with Crippen molar-refractivity contribution in [3.05, 3.63) is 35.1 Å². The summed E-state index contributed by atoms with van der Waals surface area (Å²) in [5.41, 5.74) is 4.14. The van der Waals surface area contributed by atoms with Crippen LogP contribution in [0.15, 0.2) is 34.7 Å². The van der Waals surface area contributed by atoms with Gasteiger partial charge in [0.2, 0.25) is 0 Å². The number of benzene rings is 1. The quantitative estimate of drug-likeness (QED) is 0.274. The van der Waals surface area contributed by atoms with E-state index in [1.807, 2.05) is 6.20 Å². The molecule has 4 aromatic rings. The molecule has 0 fully saturated rings. The summed E-state index contributed by atoms with van der Waals surface area (Å²) in [4.78, 5) is 20.9. The number of nitrogens with one attached hydrogen (secondary N) is 1. The average molecular weight is 555 g/mol. The molecule has 1 aliphatic heterocycles. The normalized spacial score (nSPS) is 13.4. The Morgan fingerprint density at radius 3 is 2.85 bits per heavy atom. The topological polar surface area (TPSA) is 77.8 Å². The molecule has 0 saturated carbocycles. The molecule has 10 heteroatoms. The Hall–Kier alpha value is -1.93. The van der Waals surface area contributed by atoms with Crippen LogP contribution < -0.4 is 14.5 Å². The summed E-state index contributed by atoms with van der Waals surface area (Å²) < 4.78 is 8.94. The van der Waals surface area contributed by atoms with Crippen LogP contribution in [0.5, 0.6) is 5.75 Å². The van der Waals surface area contributed by atoms with Crippen molar-refractivity contribution in [3.8, 4) is 16.3 Å². The summed E-state index contributed by atoms with van der Waals surface area (Å²) in [6, 6.07) is 4.39. The Bertz CT molecular complexity index is 1340. The first-order valence-electron chi connectivity index (χ1n) is 11.3. The molecule has 0 spiro atoms. The molecule has 1 aliphatic rings. The SMILES string of the molecule is Cc1cnc(-c2cc3c(cc2Sc2nc4c([As])ncnc4n2CCCNC(C)(C)C)CCO3)s1. The number of rotatable bonds is 7. The first-order chi connectivity index (χ1) is 16.3. The van der Waals surface area contributed by atoms with Crippen molar-refractivity contribution in [2.45, 2.75) is 62.7 Å². The third-order valence-electron chi connectivity index (χ3n) is 5.54. The molecule has 5 rings (SSSR count). The maximum atomic E-state index is 5.87. The molecule has 0 bridgehead atoms. The van der Waals surface area contributed by atoms with Crippen molar-refractivity contribution in [2.24, 2.45) is 0 Å². The van der Waals surface area contributed by atoms with Gasteiger partial charge in [-0.15, -0.1) is 0 Å². The van der Waals surface area contributed by atoms with Gasteiger partial charge in [-0.1, -0.05) is 0 Å².